The second-order valence-corrected chi connectivity index (χ2v) is 54.3. The van der Waals surface area contributed by atoms with Crippen molar-refractivity contribution < 1.29 is 0 Å². The van der Waals surface area contributed by atoms with Gasteiger partial charge in [0.15, 0.2) is 0 Å². The second kappa shape index (κ2) is 59.6. The van der Waals surface area contributed by atoms with Crippen molar-refractivity contribution >= 4 is 0 Å². The van der Waals surface area contributed by atoms with Gasteiger partial charge in [0.1, 0.15) is 0 Å². The van der Waals surface area contributed by atoms with Gasteiger partial charge in [-0.1, -0.05) is 584 Å². The Balaban J connectivity index is 0.000000106. The Labute approximate surface area is 802 Å². The maximum absolute atomic E-state index is 1.58. The van der Waals surface area contributed by atoms with E-state index < -0.39 is 0 Å². The molecule has 0 saturated heterocycles. The lowest BCUT2D eigenvalue weighted by atomic mass is 9.65. The molecule has 35 rings (SSSR count). The van der Waals surface area contributed by atoms with E-state index in [2.05, 4.69) is 0 Å². The van der Waals surface area contributed by atoms with E-state index in [-0.39, 0.29) is 0 Å². The molecule has 0 N–H and O–H groups in total. The quantitative estimate of drug-likeness (QED) is 0.227. The van der Waals surface area contributed by atoms with E-state index in [0.717, 1.165) is 130 Å². The van der Waals surface area contributed by atoms with E-state index in [1.54, 1.807) is 482 Å². The minimum absolute atomic E-state index is 1.11. The monoisotopic (exact) mass is 1770 g/mol. The van der Waals surface area contributed by atoms with E-state index in [9.17, 15) is 0 Å². The van der Waals surface area contributed by atoms with E-state index in [4.69, 9.17) is 0 Å². The number of fused-ring (bicyclic) bond motifs is 44. The molecule has 35 aliphatic rings. The van der Waals surface area contributed by atoms with Crippen LogP contribution in [-0.4, -0.2) is 0 Å². The molecule has 0 radical (unpaired) electrons. The van der Waals surface area contributed by atoms with Crippen LogP contribution >= 0.6 is 0 Å². The Hall–Kier alpha value is 0. The van der Waals surface area contributed by atoms with E-state index in [1.807, 2.05) is 0 Å². The van der Waals surface area contributed by atoms with Crippen molar-refractivity contribution in [2.45, 2.75) is 642 Å². The fourth-order valence-electron chi connectivity index (χ4n) is 35.7. The SMILES string of the molecule is C1CC2CC(C1)C2.C1CC2CC1C2.C1CC2CCC(C1)C2.C1CC2CCC(C1)CC2.C1CC2CCC1C2.C1CC2CCC1CC2.C1CC2CCCC(C1)C2.C1CC2CCCC(C1)CCC2.C1CCC2CCC(C1)C2.C1CCC2CCC(C1)CC2.C1CCC2CCCC(C1)C2.C1CCC2CCCC(C1)CC2.C1CCC2CCCC(C1)CC2.C1CCC2CCCC(C1)CCC2. The van der Waals surface area contributed by atoms with Gasteiger partial charge in [-0.25, -0.2) is 0 Å². The first-order valence-electron chi connectivity index (χ1n) is 63.3. The summed E-state index contributed by atoms with van der Waals surface area (Å²) in [4.78, 5) is 0. The molecule has 0 aliphatic heterocycles. The fourth-order valence-corrected chi connectivity index (χ4v) is 35.7. The topological polar surface area (TPSA) is 0 Å². The van der Waals surface area contributed by atoms with E-state index in [0.29, 0.717) is 0 Å². The molecule has 0 aromatic carbocycles. The van der Waals surface area contributed by atoms with Crippen LogP contribution in [0.25, 0.3) is 0 Å². The van der Waals surface area contributed by atoms with Crippen LogP contribution < -0.4 is 0 Å². The van der Waals surface area contributed by atoms with Gasteiger partial charge in [0.2, 0.25) is 0 Å². The first-order valence-corrected chi connectivity index (χ1v) is 63.3. The van der Waals surface area contributed by atoms with Gasteiger partial charge in [0.05, 0.1) is 0 Å². The Kier molecular flexibility index (Phi) is 47.6. The fraction of sp³-hybridized carbons (Fsp3) is 1.00. The molecule has 0 spiro atoms. The first kappa shape index (κ1) is 102. The highest BCUT2D eigenvalue weighted by Gasteiger charge is 2.38. The van der Waals surface area contributed by atoms with Crippen LogP contribution in [0.4, 0.5) is 0 Å². The van der Waals surface area contributed by atoms with Gasteiger partial charge in [0, 0.05) is 0 Å². The average Bonchev–Trinajstić information content (AvgIpc) is 1.83. The predicted molar refractivity (Wildman–Crippen MR) is 559 cm³/mol. The molecular formula is C128H228. The zero-order valence-electron chi connectivity index (χ0n) is 86.9. The molecule has 0 amide bonds. The highest BCUT2D eigenvalue weighted by molar-refractivity contribution is 4.90. The van der Waals surface area contributed by atoms with Crippen molar-refractivity contribution in [3.05, 3.63) is 0 Å². The lowest BCUT2D eigenvalue weighted by molar-refractivity contribution is 0.116. The van der Waals surface area contributed by atoms with Crippen LogP contribution in [0.5, 0.6) is 0 Å². The highest BCUT2D eigenvalue weighted by atomic mass is 14.4. The van der Waals surface area contributed by atoms with E-state index in [1.165, 1.54) is 196 Å². The average molecular weight is 1770 g/mol. The van der Waals surface area contributed by atoms with Gasteiger partial charge in [-0.15, -0.1) is 0 Å². The van der Waals surface area contributed by atoms with Crippen molar-refractivity contribution in [1.82, 2.24) is 0 Å². The van der Waals surface area contributed by atoms with Crippen LogP contribution in [0.1, 0.15) is 642 Å². The van der Waals surface area contributed by atoms with Gasteiger partial charge >= 0.3 is 0 Å². The molecule has 35 fully saturated rings. The lowest BCUT2D eigenvalue weighted by Crippen LogP contribution is -2.28. The molecule has 0 heterocycles. The summed E-state index contributed by atoms with van der Waals surface area (Å²) in [6.45, 7) is 0. The number of hydrogen-bond acceptors (Lipinski definition) is 0. The molecule has 0 nitrogen and oxygen atoms in total. The second-order valence-electron chi connectivity index (χ2n) is 54.3. The summed E-state index contributed by atoms with van der Waals surface area (Å²) in [6, 6.07) is 0. The summed E-state index contributed by atoms with van der Waals surface area (Å²) < 4.78 is 0. The minimum Gasteiger partial charge on any atom is -0.0530 e. The number of rotatable bonds is 0. The highest BCUT2D eigenvalue weighted by Crippen LogP contribution is 2.51. The molecule has 10 unspecified atom stereocenters. The maximum atomic E-state index is 1.58. The molecule has 0 aromatic rings. The van der Waals surface area contributed by atoms with Crippen LogP contribution in [0.3, 0.4) is 0 Å². The molecule has 0 aromatic heterocycles. The zero-order chi connectivity index (χ0) is 86.9. The Morgan fingerprint density at radius 1 is 0.0469 bits per heavy atom. The summed E-state index contributed by atoms with van der Waals surface area (Å²) in [5, 5.41) is 0. The van der Waals surface area contributed by atoms with Gasteiger partial charge < -0.3 is 0 Å². The lowest BCUT2D eigenvalue weighted by Gasteiger charge is -2.40. The van der Waals surface area contributed by atoms with Crippen molar-refractivity contribution in [2.75, 3.05) is 0 Å². The summed E-state index contributed by atoms with van der Waals surface area (Å²) in [5.74, 6) is 32.1. The Bertz CT molecular complexity index is 2390. The van der Waals surface area contributed by atoms with Gasteiger partial charge in [-0.05, 0) is 223 Å². The van der Waals surface area contributed by atoms with Gasteiger partial charge in [-0.2, -0.15) is 0 Å². The third-order valence-electron chi connectivity index (χ3n) is 44.5. The third kappa shape index (κ3) is 38.5. The largest absolute Gasteiger partial charge is 0.0530 e. The maximum Gasteiger partial charge on any atom is -0.0409 e. The van der Waals surface area contributed by atoms with Crippen molar-refractivity contribution in [3.63, 3.8) is 0 Å². The summed E-state index contributed by atoms with van der Waals surface area (Å²) in [7, 11) is 0. The van der Waals surface area contributed by atoms with Gasteiger partial charge in [0.25, 0.3) is 0 Å². The molecule has 0 heteroatoms. The molecule has 10 atom stereocenters. The van der Waals surface area contributed by atoms with Crippen LogP contribution in [-0.2, 0) is 0 Å². The molecule has 128 heavy (non-hydrogen) atoms. The minimum atomic E-state index is 1.11. The molecule has 28 bridgehead atoms. The Morgan fingerprint density at radius 3 is 0.234 bits per heavy atom. The van der Waals surface area contributed by atoms with Gasteiger partial charge in [-0.3, -0.25) is 0 Å². The first-order chi connectivity index (χ1) is 63.3. The van der Waals surface area contributed by atoms with Crippen LogP contribution in [0.15, 0.2) is 0 Å². The normalized spacial score (nSPS) is 42.4. The molecular weight excluding hydrogens is 1540 g/mol. The molecule has 35 saturated carbocycles. The third-order valence-corrected chi connectivity index (χ3v) is 44.5. The molecule has 740 valence electrons. The zero-order valence-corrected chi connectivity index (χ0v) is 86.9. The summed E-state index contributed by atoms with van der Waals surface area (Å²) in [6.07, 6.45) is 155. The van der Waals surface area contributed by atoms with Crippen molar-refractivity contribution in [2.24, 2.45) is 166 Å². The van der Waals surface area contributed by atoms with Crippen molar-refractivity contribution in [3.8, 4) is 0 Å². The van der Waals surface area contributed by atoms with Crippen LogP contribution in [0, 0.1) is 166 Å². The standard InChI is InChI=1S/C12H22.3C11H20.2C10H18.3C9H16.2C8H14.2C7H12.C6H10/c1-2-6-12-9-3-7-11(5-1)8-4-10-12;1-4-10-6-2-7-11(5-1)9-3-8-10;2*1-2-5-11-7-3-6-10(4-1)8-9-11;1-2-5-10-7-3-6-9(4-1)8-10;1-2-4-10-7-5-9(3-1)6-8-10;1-3-8-5-2-6-9(4-1)7-8;1-2-8-4-6-9(3-1)7-5-8;1-2-4-9-6-5-8(3-1)7-9;1-2-8-5-3-7(1)4-6-8;1-2-7-4-5-8(3-1)6-7;1-2-7-4-3-6(1)5-7;1-2-6-4-7(3-1)5-6;1-2-6-3-5(1)4-6/h11-12H,1-10H2;3*10-11H,1-9H2;2*9-10H,1-8H2;3*8-9H,1-7H2;2*7-8H,1-6H2;2*6-7H,1-5H2;5-6H,1-4H2. The Morgan fingerprint density at radius 2 is 0.109 bits per heavy atom. The number of hydrogen-bond donors (Lipinski definition) is 0. The summed E-state index contributed by atoms with van der Waals surface area (Å²) >= 11 is 0. The predicted octanol–water partition coefficient (Wildman–Crippen LogP) is 42.5. The smallest absolute Gasteiger partial charge is 0.0409 e. The van der Waals surface area contributed by atoms with Crippen molar-refractivity contribution in [1.29, 1.82) is 0 Å². The summed E-state index contributed by atoms with van der Waals surface area (Å²) in [5.41, 5.74) is 0. The van der Waals surface area contributed by atoms with E-state index >= 15 is 0 Å². The molecule has 35 aliphatic carbocycles. The van der Waals surface area contributed by atoms with Crippen LogP contribution in [0.2, 0.25) is 0 Å².